The molecule has 1 heterocycles. The van der Waals surface area contributed by atoms with E-state index in [1.165, 1.54) is 0 Å². The molecule has 0 aromatic heterocycles. The van der Waals surface area contributed by atoms with Crippen LogP contribution in [-0.2, 0) is 9.47 Å². The Labute approximate surface area is 79.8 Å². The van der Waals surface area contributed by atoms with Crippen LogP contribution in [0.2, 0.25) is 0 Å². The van der Waals surface area contributed by atoms with Crippen LogP contribution in [0.5, 0.6) is 0 Å². The van der Waals surface area contributed by atoms with Crippen LogP contribution in [0.25, 0.3) is 0 Å². The molecule has 3 nitrogen and oxygen atoms in total. The first-order valence-electron chi connectivity index (χ1n) is 4.31. The van der Waals surface area contributed by atoms with Crippen molar-refractivity contribution in [1.82, 2.24) is 0 Å². The van der Waals surface area contributed by atoms with Gasteiger partial charge in [0, 0.05) is 12.0 Å². The van der Waals surface area contributed by atoms with Crippen molar-refractivity contribution in [3.8, 4) is 0 Å². The average Bonchev–Trinajstić information content (AvgIpc) is 2.52. The molecule has 1 N–H and O–H groups in total. The summed E-state index contributed by atoms with van der Waals surface area (Å²) < 4.78 is 44.7. The van der Waals surface area contributed by atoms with E-state index >= 15 is 0 Å². The molecule has 1 rings (SSSR count). The largest absolute Gasteiger partial charge is 0.411 e. The average molecular weight is 214 g/mol. The lowest BCUT2D eigenvalue weighted by atomic mass is 9.90. The second kappa shape index (κ2) is 4.46. The number of halogens is 3. The maximum absolute atomic E-state index is 11.7. The number of ether oxygens (including phenoxy) is 2. The molecule has 0 aliphatic carbocycles. The van der Waals surface area contributed by atoms with Gasteiger partial charge in [0.05, 0.1) is 19.8 Å². The van der Waals surface area contributed by atoms with Crippen molar-refractivity contribution in [2.75, 3.05) is 33.0 Å². The first-order chi connectivity index (χ1) is 6.47. The summed E-state index contributed by atoms with van der Waals surface area (Å²) in [4.78, 5) is 0. The maximum atomic E-state index is 11.7. The van der Waals surface area contributed by atoms with Gasteiger partial charge in [-0.2, -0.15) is 13.2 Å². The standard InChI is InChI=1S/C8H13F3O3/c9-8(10,11)6-14-5-7(3-12)1-2-13-4-7/h12H,1-6H2. The zero-order valence-corrected chi connectivity index (χ0v) is 7.64. The van der Waals surface area contributed by atoms with Crippen LogP contribution in [-0.4, -0.2) is 44.3 Å². The molecule has 1 unspecified atom stereocenters. The number of rotatable bonds is 4. The molecule has 84 valence electrons. The lowest BCUT2D eigenvalue weighted by molar-refractivity contribution is -0.182. The zero-order chi connectivity index (χ0) is 10.7. The summed E-state index contributed by atoms with van der Waals surface area (Å²) >= 11 is 0. The Hall–Kier alpha value is -0.330. The molecular formula is C8H13F3O3. The van der Waals surface area contributed by atoms with Crippen molar-refractivity contribution in [2.45, 2.75) is 12.6 Å². The molecule has 6 heteroatoms. The summed E-state index contributed by atoms with van der Waals surface area (Å²) in [7, 11) is 0. The van der Waals surface area contributed by atoms with Gasteiger partial charge in [0.2, 0.25) is 0 Å². The molecule has 1 aliphatic heterocycles. The SMILES string of the molecule is OCC1(COCC(F)(F)F)CCOC1. The van der Waals surface area contributed by atoms with Gasteiger partial charge in [0.15, 0.2) is 0 Å². The van der Waals surface area contributed by atoms with Crippen molar-refractivity contribution in [2.24, 2.45) is 5.41 Å². The highest BCUT2D eigenvalue weighted by atomic mass is 19.4. The monoisotopic (exact) mass is 214 g/mol. The van der Waals surface area contributed by atoms with Gasteiger partial charge in [-0.15, -0.1) is 0 Å². The molecular weight excluding hydrogens is 201 g/mol. The molecule has 1 fully saturated rings. The Morgan fingerprint density at radius 2 is 2.14 bits per heavy atom. The molecule has 0 aromatic rings. The van der Waals surface area contributed by atoms with Crippen LogP contribution in [0, 0.1) is 5.41 Å². The van der Waals surface area contributed by atoms with Gasteiger partial charge in [0.1, 0.15) is 6.61 Å². The fourth-order valence-electron chi connectivity index (χ4n) is 1.32. The first kappa shape index (κ1) is 11.7. The first-order valence-corrected chi connectivity index (χ1v) is 4.31. The van der Waals surface area contributed by atoms with E-state index in [0.29, 0.717) is 13.0 Å². The molecule has 1 saturated heterocycles. The molecule has 14 heavy (non-hydrogen) atoms. The Morgan fingerprint density at radius 3 is 2.57 bits per heavy atom. The van der Waals surface area contributed by atoms with E-state index in [1.807, 2.05) is 0 Å². The van der Waals surface area contributed by atoms with Crippen molar-refractivity contribution in [3.05, 3.63) is 0 Å². The van der Waals surface area contributed by atoms with E-state index in [1.54, 1.807) is 0 Å². The maximum Gasteiger partial charge on any atom is 0.411 e. The van der Waals surface area contributed by atoms with Crippen molar-refractivity contribution < 1.29 is 27.8 Å². The highest BCUT2D eigenvalue weighted by Crippen LogP contribution is 2.29. The minimum Gasteiger partial charge on any atom is -0.396 e. The Balaban J connectivity index is 2.28. The van der Waals surface area contributed by atoms with Crippen molar-refractivity contribution >= 4 is 0 Å². The van der Waals surface area contributed by atoms with Crippen LogP contribution >= 0.6 is 0 Å². The predicted octanol–water partition coefficient (Wildman–Crippen LogP) is 0.964. The van der Waals surface area contributed by atoms with E-state index < -0.39 is 18.2 Å². The zero-order valence-electron chi connectivity index (χ0n) is 7.64. The fraction of sp³-hybridized carbons (Fsp3) is 1.00. The van der Waals surface area contributed by atoms with Crippen LogP contribution in [0.4, 0.5) is 13.2 Å². The second-order valence-corrected chi connectivity index (χ2v) is 3.57. The summed E-state index contributed by atoms with van der Waals surface area (Å²) in [6.07, 6.45) is -3.77. The molecule has 0 saturated carbocycles. The third-order valence-corrected chi connectivity index (χ3v) is 2.19. The van der Waals surface area contributed by atoms with Gasteiger partial charge in [-0.3, -0.25) is 0 Å². The van der Waals surface area contributed by atoms with Crippen molar-refractivity contribution in [3.63, 3.8) is 0 Å². The summed E-state index contributed by atoms with van der Waals surface area (Å²) in [5.74, 6) is 0. The van der Waals surface area contributed by atoms with Crippen LogP contribution in [0.1, 0.15) is 6.42 Å². The van der Waals surface area contributed by atoms with E-state index in [2.05, 4.69) is 4.74 Å². The third-order valence-electron chi connectivity index (χ3n) is 2.19. The van der Waals surface area contributed by atoms with Crippen LogP contribution in [0.3, 0.4) is 0 Å². The van der Waals surface area contributed by atoms with Gasteiger partial charge in [0.25, 0.3) is 0 Å². The molecule has 0 bridgehead atoms. The highest BCUT2D eigenvalue weighted by Gasteiger charge is 2.36. The quantitative estimate of drug-likeness (QED) is 0.757. The number of hydrogen-bond donors (Lipinski definition) is 1. The Bertz CT molecular complexity index is 175. The topological polar surface area (TPSA) is 38.7 Å². The summed E-state index contributed by atoms with van der Waals surface area (Å²) in [6, 6.07) is 0. The van der Waals surface area contributed by atoms with E-state index in [0.717, 1.165) is 0 Å². The Kier molecular flexibility index (Phi) is 3.74. The second-order valence-electron chi connectivity index (χ2n) is 3.57. The van der Waals surface area contributed by atoms with E-state index in [9.17, 15) is 13.2 Å². The summed E-state index contributed by atoms with van der Waals surface area (Å²) in [6.45, 7) is -0.847. The third kappa shape index (κ3) is 3.43. The van der Waals surface area contributed by atoms with E-state index in [4.69, 9.17) is 9.84 Å². The fourth-order valence-corrected chi connectivity index (χ4v) is 1.32. The molecule has 0 radical (unpaired) electrons. The van der Waals surface area contributed by atoms with Gasteiger partial charge >= 0.3 is 6.18 Å². The predicted molar refractivity (Wildman–Crippen MR) is 41.8 cm³/mol. The summed E-state index contributed by atoms with van der Waals surface area (Å²) in [5.41, 5.74) is -0.634. The molecule has 0 spiro atoms. The number of aliphatic hydroxyl groups excluding tert-OH is 1. The normalized spacial score (nSPS) is 28.3. The van der Waals surface area contributed by atoms with Gasteiger partial charge in [-0.05, 0) is 6.42 Å². The highest BCUT2D eigenvalue weighted by molar-refractivity contribution is 4.82. The lowest BCUT2D eigenvalue weighted by Gasteiger charge is -2.24. The van der Waals surface area contributed by atoms with Crippen LogP contribution < -0.4 is 0 Å². The lowest BCUT2D eigenvalue weighted by Crippen LogP contribution is -2.33. The molecule has 0 amide bonds. The smallest absolute Gasteiger partial charge is 0.396 e. The molecule has 1 atom stereocenters. The minimum atomic E-state index is -4.31. The number of hydrogen-bond acceptors (Lipinski definition) is 3. The minimum absolute atomic E-state index is 0.108. The number of alkyl halides is 3. The van der Waals surface area contributed by atoms with Crippen LogP contribution in [0.15, 0.2) is 0 Å². The number of aliphatic hydroxyl groups is 1. The van der Waals surface area contributed by atoms with E-state index in [-0.39, 0.29) is 19.8 Å². The van der Waals surface area contributed by atoms with Crippen molar-refractivity contribution in [1.29, 1.82) is 0 Å². The Morgan fingerprint density at radius 1 is 1.43 bits per heavy atom. The van der Waals surface area contributed by atoms with Gasteiger partial charge in [-0.25, -0.2) is 0 Å². The van der Waals surface area contributed by atoms with Gasteiger partial charge < -0.3 is 14.6 Å². The van der Waals surface area contributed by atoms with Gasteiger partial charge in [-0.1, -0.05) is 0 Å². The summed E-state index contributed by atoms with van der Waals surface area (Å²) in [5, 5.41) is 9.00. The molecule has 0 aromatic carbocycles. The molecule has 1 aliphatic rings.